The maximum Gasteiger partial charge on any atom is 0.267 e. The Bertz CT molecular complexity index is 703. The molecule has 1 aromatic carbocycles. The van der Waals surface area contributed by atoms with Crippen molar-refractivity contribution < 1.29 is 14.3 Å². The topological polar surface area (TPSA) is 79.8 Å². The molecule has 0 saturated carbocycles. The minimum Gasteiger partial charge on any atom is -0.496 e. The number of ether oxygens (including phenoxy) is 1. The van der Waals surface area contributed by atoms with Crippen molar-refractivity contribution in [2.24, 2.45) is 5.10 Å². The van der Waals surface area contributed by atoms with Gasteiger partial charge in [0.25, 0.3) is 5.91 Å². The number of nitrogens with one attached hydrogen (secondary N) is 2. The summed E-state index contributed by atoms with van der Waals surface area (Å²) in [6.07, 6.45) is 1.34. The maximum absolute atomic E-state index is 12.1. The summed E-state index contributed by atoms with van der Waals surface area (Å²) in [7, 11) is 1.68. The van der Waals surface area contributed by atoms with Gasteiger partial charge in [-0.25, -0.2) is 5.43 Å². The van der Waals surface area contributed by atoms with E-state index in [1.165, 1.54) is 5.56 Å². The van der Waals surface area contributed by atoms with Crippen LogP contribution in [0.15, 0.2) is 17.2 Å². The Morgan fingerprint density at radius 1 is 1.32 bits per heavy atom. The molecule has 1 heterocycles. The molecule has 0 radical (unpaired) electrons. The van der Waals surface area contributed by atoms with E-state index in [4.69, 9.17) is 4.74 Å². The van der Waals surface area contributed by atoms with Gasteiger partial charge in [-0.2, -0.15) is 5.10 Å². The van der Waals surface area contributed by atoms with Gasteiger partial charge in [0, 0.05) is 24.9 Å². The molecule has 6 heteroatoms. The smallest absolute Gasteiger partial charge is 0.267 e. The van der Waals surface area contributed by atoms with Crippen molar-refractivity contribution in [3.8, 4) is 5.75 Å². The Hall–Kier alpha value is -2.37. The fourth-order valence-corrected chi connectivity index (χ4v) is 2.88. The van der Waals surface area contributed by atoms with Gasteiger partial charge in [-0.05, 0) is 24.3 Å². The number of hydrazone groups is 1. The van der Waals surface area contributed by atoms with Gasteiger partial charge < -0.3 is 10.1 Å². The molecule has 1 aliphatic heterocycles. The van der Waals surface area contributed by atoms with Crippen LogP contribution in [0.25, 0.3) is 0 Å². The number of carbonyl (C=O) groups excluding carboxylic acids is 2. The molecule has 0 fully saturated rings. The van der Waals surface area contributed by atoms with Crippen molar-refractivity contribution in [2.45, 2.75) is 52.4 Å². The molecular formula is C19H27N3O3. The van der Waals surface area contributed by atoms with E-state index in [1.807, 2.05) is 0 Å². The van der Waals surface area contributed by atoms with Crippen molar-refractivity contribution in [1.82, 2.24) is 10.7 Å². The second kappa shape index (κ2) is 7.68. The summed E-state index contributed by atoms with van der Waals surface area (Å²) in [4.78, 5) is 23.2. The zero-order valence-corrected chi connectivity index (χ0v) is 15.7. The third-order valence-corrected chi connectivity index (χ3v) is 4.17. The van der Waals surface area contributed by atoms with E-state index in [0.29, 0.717) is 31.5 Å². The van der Waals surface area contributed by atoms with Crippen molar-refractivity contribution in [3.63, 3.8) is 0 Å². The van der Waals surface area contributed by atoms with Gasteiger partial charge in [0.15, 0.2) is 0 Å². The van der Waals surface area contributed by atoms with Crippen molar-refractivity contribution in [1.29, 1.82) is 0 Å². The highest BCUT2D eigenvalue weighted by Crippen LogP contribution is 2.35. The lowest BCUT2D eigenvalue weighted by Gasteiger charge is -2.25. The molecule has 136 valence electrons. The molecule has 0 saturated heterocycles. The molecule has 0 atom stereocenters. The molecule has 0 spiro atoms. The normalized spacial score (nSPS) is 14.6. The zero-order valence-electron chi connectivity index (χ0n) is 15.7. The number of amides is 2. The maximum atomic E-state index is 12.1. The van der Waals surface area contributed by atoms with Crippen LogP contribution < -0.4 is 15.5 Å². The van der Waals surface area contributed by atoms with Crippen LogP contribution in [-0.2, 0) is 21.4 Å². The van der Waals surface area contributed by atoms with Crippen LogP contribution in [0, 0.1) is 6.92 Å². The van der Waals surface area contributed by atoms with Crippen LogP contribution in [0.4, 0.5) is 0 Å². The number of rotatable bonds is 5. The molecule has 6 nitrogen and oxygen atoms in total. The molecule has 1 aliphatic rings. The quantitative estimate of drug-likeness (QED) is 0.859. The largest absolute Gasteiger partial charge is 0.496 e. The molecule has 1 aromatic rings. The number of hydrogen-bond donors (Lipinski definition) is 2. The SMILES string of the molecule is COc1c(CCNC(=O)C2=NNC(=O)CC2)cc(C)cc1C(C)(C)C. The predicted octanol–water partition coefficient (Wildman–Crippen LogP) is 2.23. The molecule has 2 rings (SSSR count). The Morgan fingerprint density at radius 3 is 2.60 bits per heavy atom. The summed E-state index contributed by atoms with van der Waals surface area (Å²) in [5.74, 6) is 0.494. The summed E-state index contributed by atoms with van der Waals surface area (Å²) in [5, 5.41) is 6.68. The molecule has 2 N–H and O–H groups in total. The Balaban J connectivity index is 2.07. The van der Waals surface area contributed by atoms with Crippen molar-refractivity contribution >= 4 is 17.5 Å². The third-order valence-electron chi connectivity index (χ3n) is 4.17. The van der Waals surface area contributed by atoms with Crippen molar-refractivity contribution in [3.05, 3.63) is 28.8 Å². The van der Waals surface area contributed by atoms with E-state index in [9.17, 15) is 9.59 Å². The lowest BCUT2D eigenvalue weighted by Crippen LogP contribution is -2.37. The van der Waals surface area contributed by atoms with E-state index < -0.39 is 0 Å². The molecule has 0 unspecified atom stereocenters. The Morgan fingerprint density at radius 2 is 2.04 bits per heavy atom. The number of methoxy groups -OCH3 is 1. The second-order valence-corrected chi connectivity index (χ2v) is 7.35. The lowest BCUT2D eigenvalue weighted by molar-refractivity contribution is -0.121. The minimum atomic E-state index is -0.234. The molecule has 25 heavy (non-hydrogen) atoms. The van der Waals surface area contributed by atoms with E-state index >= 15 is 0 Å². The van der Waals surface area contributed by atoms with E-state index in [2.05, 4.69) is 55.7 Å². The van der Waals surface area contributed by atoms with Crippen LogP contribution in [0.2, 0.25) is 0 Å². The van der Waals surface area contributed by atoms with E-state index in [0.717, 1.165) is 16.9 Å². The Labute approximate surface area is 149 Å². The number of nitrogens with zero attached hydrogens (tertiary/aromatic N) is 1. The summed E-state index contributed by atoms with van der Waals surface area (Å²) < 4.78 is 5.66. The summed E-state index contributed by atoms with van der Waals surface area (Å²) in [5.41, 5.74) is 6.09. The number of hydrogen-bond acceptors (Lipinski definition) is 4. The van der Waals surface area contributed by atoms with Gasteiger partial charge >= 0.3 is 0 Å². The average molecular weight is 345 g/mol. The van der Waals surface area contributed by atoms with Crippen molar-refractivity contribution in [2.75, 3.05) is 13.7 Å². The molecule has 0 aromatic heterocycles. The minimum absolute atomic E-state index is 0.0234. The van der Waals surface area contributed by atoms with Gasteiger partial charge in [0.1, 0.15) is 11.5 Å². The van der Waals surface area contributed by atoms with Crippen LogP contribution in [0.1, 0.15) is 50.3 Å². The number of aryl methyl sites for hydroxylation is 1. The zero-order chi connectivity index (χ0) is 18.6. The average Bonchev–Trinajstić information content (AvgIpc) is 2.54. The number of carbonyl (C=O) groups is 2. The highest BCUT2D eigenvalue weighted by atomic mass is 16.5. The van der Waals surface area contributed by atoms with Crippen LogP contribution in [-0.4, -0.2) is 31.2 Å². The molecular weight excluding hydrogens is 318 g/mol. The molecule has 2 amide bonds. The number of benzene rings is 1. The summed E-state index contributed by atoms with van der Waals surface area (Å²) in [6, 6.07) is 4.25. The van der Waals surface area contributed by atoms with Crippen LogP contribution in [0.5, 0.6) is 5.75 Å². The van der Waals surface area contributed by atoms with Gasteiger partial charge in [0.2, 0.25) is 5.91 Å². The first kappa shape index (κ1) is 19.0. The monoisotopic (exact) mass is 345 g/mol. The standard InChI is InChI=1S/C19H27N3O3/c1-12-10-13(17(25-5)14(11-12)19(2,3)4)8-9-20-18(24)15-6-7-16(23)22-21-15/h10-11H,6-9H2,1-5H3,(H,20,24)(H,22,23). The van der Waals surface area contributed by atoms with Crippen LogP contribution >= 0.6 is 0 Å². The van der Waals surface area contributed by atoms with Crippen LogP contribution in [0.3, 0.4) is 0 Å². The van der Waals surface area contributed by atoms with Gasteiger partial charge in [-0.15, -0.1) is 0 Å². The lowest BCUT2D eigenvalue weighted by atomic mass is 9.83. The summed E-state index contributed by atoms with van der Waals surface area (Å²) in [6.45, 7) is 9.02. The molecule has 0 bridgehead atoms. The predicted molar refractivity (Wildman–Crippen MR) is 98.0 cm³/mol. The third kappa shape index (κ3) is 4.81. The van der Waals surface area contributed by atoms with E-state index in [-0.39, 0.29) is 17.2 Å². The van der Waals surface area contributed by atoms with Gasteiger partial charge in [0.05, 0.1) is 7.11 Å². The van der Waals surface area contributed by atoms with Gasteiger partial charge in [-0.3, -0.25) is 9.59 Å². The van der Waals surface area contributed by atoms with E-state index in [1.54, 1.807) is 7.11 Å². The highest BCUT2D eigenvalue weighted by molar-refractivity contribution is 6.39. The first-order valence-corrected chi connectivity index (χ1v) is 8.54. The van der Waals surface area contributed by atoms with Gasteiger partial charge in [-0.1, -0.05) is 38.5 Å². The highest BCUT2D eigenvalue weighted by Gasteiger charge is 2.22. The second-order valence-electron chi connectivity index (χ2n) is 7.35. The Kier molecular flexibility index (Phi) is 5.82. The first-order chi connectivity index (χ1) is 11.7. The first-order valence-electron chi connectivity index (χ1n) is 8.54. The molecule has 0 aliphatic carbocycles. The summed E-state index contributed by atoms with van der Waals surface area (Å²) >= 11 is 0. The fourth-order valence-electron chi connectivity index (χ4n) is 2.88. The fraction of sp³-hybridized carbons (Fsp3) is 0.526.